The summed E-state index contributed by atoms with van der Waals surface area (Å²) in [7, 11) is -3.56. The van der Waals surface area contributed by atoms with Crippen molar-refractivity contribution in [1.29, 1.82) is 5.26 Å². The molecule has 0 spiro atoms. The summed E-state index contributed by atoms with van der Waals surface area (Å²) in [6.07, 6.45) is 3.10. The van der Waals surface area contributed by atoms with Crippen LogP contribution in [-0.2, 0) is 24.2 Å². The van der Waals surface area contributed by atoms with E-state index in [2.05, 4.69) is 15.5 Å². The minimum absolute atomic E-state index is 0.0574. The number of benzene rings is 1. The Hall–Kier alpha value is -2.13. The van der Waals surface area contributed by atoms with Gasteiger partial charge >= 0.3 is 0 Å². The van der Waals surface area contributed by atoms with Gasteiger partial charge in [-0.2, -0.15) is 5.26 Å². The van der Waals surface area contributed by atoms with E-state index in [1.165, 1.54) is 11.8 Å². The second-order valence-corrected chi connectivity index (χ2v) is 12.0. The fourth-order valence-electron chi connectivity index (χ4n) is 4.51. The zero-order valence-corrected chi connectivity index (χ0v) is 21.5. The molecular weight excluding hydrogens is 488 g/mol. The standard InChI is InChI=1S/C24H34N4O5S2/c25-9-10-27-24(30)22-4-2-1-3-19(22)18-35(31,32)21-7-5-20(6-8-21)34-17-23(29)26-11-12-28-13-15-33-16-14-28/h5-8,19,22H,1-4,10-18H2,(H,26,29)(H,27,30). The van der Waals surface area contributed by atoms with Crippen LogP contribution in [0.15, 0.2) is 34.1 Å². The Morgan fingerprint density at radius 3 is 2.54 bits per heavy atom. The number of carbonyl (C=O) groups excluding carboxylic acids is 2. The van der Waals surface area contributed by atoms with E-state index >= 15 is 0 Å². The smallest absolute Gasteiger partial charge is 0.230 e. The average Bonchev–Trinajstić information content (AvgIpc) is 2.87. The van der Waals surface area contributed by atoms with Crippen LogP contribution in [0.1, 0.15) is 25.7 Å². The van der Waals surface area contributed by atoms with Crippen molar-refractivity contribution in [2.75, 3.05) is 57.4 Å². The molecule has 1 saturated carbocycles. The summed E-state index contributed by atoms with van der Waals surface area (Å²) in [4.78, 5) is 27.8. The van der Waals surface area contributed by atoms with Gasteiger partial charge in [0.25, 0.3) is 0 Å². The molecule has 1 aromatic rings. The lowest BCUT2D eigenvalue weighted by atomic mass is 9.80. The third-order valence-electron chi connectivity index (χ3n) is 6.43. The highest BCUT2D eigenvalue weighted by Crippen LogP contribution is 2.33. The summed E-state index contributed by atoms with van der Waals surface area (Å²) >= 11 is 1.36. The average molecular weight is 523 g/mol. The van der Waals surface area contributed by atoms with Crippen LogP contribution in [0.5, 0.6) is 0 Å². The van der Waals surface area contributed by atoms with Crippen molar-refractivity contribution in [3.8, 4) is 6.07 Å². The Morgan fingerprint density at radius 2 is 1.83 bits per heavy atom. The van der Waals surface area contributed by atoms with Crippen molar-refractivity contribution in [3.63, 3.8) is 0 Å². The lowest BCUT2D eigenvalue weighted by Gasteiger charge is -2.30. The molecule has 9 nitrogen and oxygen atoms in total. The van der Waals surface area contributed by atoms with Gasteiger partial charge in [0.05, 0.1) is 35.7 Å². The van der Waals surface area contributed by atoms with Gasteiger partial charge in [0, 0.05) is 37.0 Å². The third-order valence-corrected chi connectivity index (χ3v) is 9.30. The number of ether oxygens (including phenoxy) is 1. The highest BCUT2D eigenvalue weighted by Gasteiger charge is 2.34. The monoisotopic (exact) mass is 522 g/mol. The summed E-state index contributed by atoms with van der Waals surface area (Å²) in [5.74, 6) is -0.766. The molecule has 2 amide bonds. The number of nitrogens with zero attached hydrogens (tertiary/aromatic N) is 2. The number of nitriles is 1. The van der Waals surface area contributed by atoms with Gasteiger partial charge in [-0.3, -0.25) is 14.5 Å². The van der Waals surface area contributed by atoms with E-state index in [4.69, 9.17) is 10.00 Å². The van der Waals surface area contributed by atoms with Crippen molar-refractivity contribution >= 4 is 33.4 Å². The van der Waals surface area contributed by atoms with Crippen LogP contribution in [0.2, 0.25) is 0 Å². The summed E-state index contributed by atoms with van der Waals surface area (Å²) in [6, 6.07) is 8.47. The van der Waals surface area contributed by atoms with Gasteiger partial charge in [-0.1, -0.05) is 12.8 Å². The second-order valence-electron chi connectivity index (χ2n) is 8.87. The first kappa shape index (κ1) is 27.5. The number of thioether (sulfide) groups is 1. The SMILES string of the molecule is N#CCNC(=O)C1CCCCC1CS(=O)(=O)c1ccc(SCC(=O)NCCN2CCOCC2)cc1. The number of morpholine rings is 1. The molecule has 0 bridgehead atoms. The Balaban J connectivity index is 1.47. The number of amides is 2. The first-order valence-electron chi connectivity index (χ1n) is 12.1. The highest BCUT2D eigenvalue weighted by molar-refractivity contribution is 8.00. The molecule has 11 heteroatoms. The van der Waals surface area contributed by atoms with Gasteiger partial charge in [-0.15, -0.1) is 11.8 Å². The summed E-state index contributed by atoms with van der Waals surface area (Å²) in [6.45, 7) is 4.55. The molecule has 0 radical (unpaired) electrons. The summed E-state index contributed by atoms with van der Waals surface area (Å²) in [5, 5.41) is 14.2. The van der Waals surface area contributed by atoms with Crippen LogP contribution in [-0.4, -0.2) is 82.6 Å². The predicted octanol–water partition coefficient (Wildman–Crippen LogP) is 1.45. The fraction of sp³-hybridized carbons (Fsp3) is 0.625. The van der Waals surface area contributed by atoms with Gasteiger partial charge < -0.3 is 15.4 Å². The third kappa shape index (κ3) is 8.79. The quantitative estimate of drug-likeness (QED) is 0.330. The van der Waals surface area contributed by atoms with Crippen LogP contribution in [0.3, 0.4) is 0 Å². The topological polar surface area (TPSA) is 129 Å². The van der Waals surface area contributed by atoms with Crippen molar-refractivity contribution < 1.29 is 22.7 Å². The van der Waals surface area contributed by atoms with Gasteiger partial charge in [-0.05, 0) is 43.0 Å². The van der Waals surface area contributed by atoms with Crippen molar-refractivity contribution in [2.45, 2.75) is 35.5 Å². The lowest BCUT2D eigenvalue weighted by molar-refractivity contribution is -0.127. The van der Waals surface area contributed by atoms with E-state index in [1.54, 1.807) is 24.3 Å². The molecule has 192 valence electrons. The molecule has 1 aromatic carbocycles. The number of nitrogens with one attached hydrogen (secondary N) is 2. The van der Waals surface area contributed by atoms with Crippen LogP contribution >= 0.6 is 11.8 Å². The van der Waals surface area contributed by atoms with Gasteiger partial charge in [0.1, 0.15) is 6.54 Å². The summed E-state index contributed by atoms with van der Waals surface area (Å²) < 4.78 is 31.4. The molecule has 2 N–H and O–H groups in total. The number of carbonyl (C=O) groups is 2. The zero-order valence-electron chi connectivity index (χ0n) is 19.9. The van der Waals surface area contributed by atoms with Crippen LogP contribution in [0.4, 0.5) is 0 Å². The molecule has 2 aliphatic rings. The molecule has 3 rings (SSSR count). The van der Waals surface area contributed by atoms with Crippen molar-refractivity contribution in [3.05, 3.63) is 24.3 Å². The Kier molecular flexibility index (Phi) is 10.8. The molecule has 0 aromatic heterocycles. The largest absolute Gasteiger partial charge is 0.379 e. The van der Waals surface area contributed by atoms with Crippen molar-refractivity contribution in [2.24, 2.45) is 11.8 Å². The summed E-state index contributed by atoms with van der Waals surface area (Å²) in [5.41, 5.74) is 0. The second kappa shape index (κ2) is 13.8. The van der Waals surface area contributed by atoms with E-state index in [0.717, 1.165) is 50.6 Å². The molecule has 1 saturated heterocycles. The number of hydrogen-bond acceptors (Lipinski definition) is 8. The number of rotatable bonds is 11. The normalized spacial score (nSPS) is 21.1. The molecule has 2 unspecified atom stereocenters. The Bertz CT molecular complexity index is 988. The van der Waals surface area contributed by atoms with E-state index in [0.29, 0.717) is 19.4 Å². The minimum Gasteiger partial charge on any atom is -0.379 e. The molecule has 1 aliphatic carbocycles. The number of sulfone groups is 1. The molecule has 2 atom stereocenters. The molecule has 1 heterocycles. The van der Waals surface area contributed by atoms with E-state index in [9.17, 15) is 18.0 Å². The van der Waals surface area contributed by atoms with E-state index < -0.39 is 9.84 Å². The maximum absolute atomic E-state index is 13.0. The fourth-order valence-corrected chi connectivity index (χ4v) is 6.94. The first-order valence-corrected chi connectivity index (χ1v) is 14.7. The molecule has 2 fully saturated rings. The van der Waals surface area contributed by atoms with Crippen LogP contribution in [0, 0.1) is 23.2 Å². The zero-order chi connectivity index (χ0) is 25.1. The minimum atomic E-state index is -3.56. The molecule has 1 aliphatic heterocycles. The highest BCUT2D eigenvalue weighted by atomic mass is 32.2. The predicted molar refractivity (Wildman–Crippen MR) is 134 cm³/mol. The molecular formula is C24H34N4O5S2. The maximum atomic E-state index is 13.0. The van der Waals surface area contributed by atoms with Gasteiger partial charge in [0.15, 0.2) is 9.84 Å². The molecule has 35 heavy (non-hydrogen) atoms. The maximum Gasteiger partial charge on any atom is 0.230 e. The Labute approximate surface area is 211 Å². The Morgan fingerprint density at radius 1 is 1.11 bits per heavy atom. The van der Waals surface area contributed by atoms with Crippen molar-refractivity contribution in [1.82, 2.24) is 15.5 Å². The van der Waals surface area contributed by atoms with E-state index in [1.807, 2.05) is 6.07 Å². The first-order chi connectivity index (χ1) is 16.9. The van der Waals surface area contributed by atoms with E-state index in [-0.39, 0.29) is 46.6 Å². The lowest BCUT2D eigenvalue weighted by Crippen LogP contribution is -2.41. The van der Waals surface area contributed by atoms with Gasteiger partial charge in [0.2, 0.25) is 11.8 Å². The van der Waals surface area contributed by atoms with Crippen LogP contribution < -0.4 is 10.6 Å². The van der Waals surface area contributed by atoms with Crippen LogP contribution in [0.25, 0.3) is 0 Å². The van der Waals surface area contributed by atoms with Gasteiger partial charge in [-0.25, -0.2) is 8.42 Å². The number of hydrogen-bond donors (Lipinski definition) is 2.